The number of nitrogens with one attached hydrogen (secondary N) is 1. The molecule has 0 radical (unpaired) electrons. The number of hydrogen-bond acceptors (Lipinski definition) is 5. The molecular formula is C18H19F3N6O. The molecule has 0 aliphatic carbocycles. The Hall–Kier alpha value is -2.91. The summed E-state index contributed by atoms with van der Waals surface area (Å²) < 4.78 is 37.6. The summed E-state index contributed by atoms with van der Waals surface area (Å²) >= 11 is 0. The van der Waals surface area contributed by atoms with E-state index < -0.39 is 24.5 Å². The Morgan fingerprint density at radius 1 is 1.29 bits per heavy atom. The standard InChI is InChI=1S/C18H19F3N6O/c1-26(10-18(19,20)21)17(28)11-3-6-27(7-4-11)16-14-12(9-24-25-16)8-23-15-13(14)2-5-22-15/h2,5,8-9,11,25H,3-4,6-7,10H2,1H3. The van der Waals surface area contributed by atoms with E-state index in [1.54, 1.807) is 18.6 Å². The van der Waals surface area contributed by atoms with Crippen LogP contribution in [0.2, 0.25) is 0 Å². The first-order valence-electron chi connectivity index (χ1n) is 8.97. The monoisotopic (exact) mass is 392 g/mol. The van der Waals surface area contributed by atoms with Crippen molar-refractivity contribution < 1.29 is 18.0 Å². The van der Waals surface area contributed by atoms with Crippen LogP contribution < -0.4 is 4.90 Å². The zero-order chi connectivity index (χ0) is 19.9. The number of aromatic nitrogens is 4. The maximum Gasteiger partial charge on any atom is 0.406 e. The quantitative estimate of drug-likeness (QED) is 0.742. The van der Waals surface area contributed by atoms with Crippen molar-refractivity contribution in [2.45, 2.75) is 19.0 Å². The van der Waals surface area contributed by atoms with E-state index in [1.165, 1.54) is 7.05 Å². The summed E-state index contributed by atoms with van der Waals surface area (Å²) in [6, 6.07) is 1.89. The molecule has 28 heavy (non-hydrogen) atoms. The Morgan fingerprint density at radius 2 is 2.04 bits per heavy atom. The molecule has 1 N–H and O–H groups in total. The second-order valence-corrected chi connectivity index (χ2v) is 7.06. The highest BCUT2D eigenvalue weighted by Crippen LogP contribution is 2.32. The van der Waals surface area contributed by atoms with Crippen LogP contribution in [-0.4, -0.2) is 63.8 Å². The molecule has 148 valence electrons. The predicted octanol–water partition coefficient (Wildman–Crippen LogP) is 2.74. The Bertz CT molecular complexity index is 1010. The van der Waals surface area contributed by atoms with Crippen molar-refractivity contribution in [3.8, 4) is 0 Å². The molecule has 1 amide bonds. The number of piperidine rings is 1. The molecule has 0 spiro atoms. The lowest BCUT2D eigenvalue weighted by Gasteiger charge is -2.34. The molecule has 10 heteroatoms. The van der Waals surface area contributed by atoms with Crippen LogP contribution >= 0.6 is 0 Å². The van der Waals surface area contributed by atoms with Gasteiger partial charge in [0.05, 0.1) is 6.20 Å². The summed E-state index contributed by atoms with van der Waals surface area (Å²) in [5, 5.41) is 9.95. The van der Waals surface area contributed by atoms with E-state index in [0.29, 0.717) is 31.6 Å². The van der Waals surface area contributed by atoms with Gasteiger partial charge in [-0.05, 0) is 18.9 Å². The molecule has 0 unspecified atom stereocenters. The van der Waals surface area contributed by atoms with Gasteiger partial charge in [0.1, 0.15) is 12.4 Å². The molecule has 1 aliphatic heterocycles. The smallest absolute Gasteiger partial charge is 0.356 e. The lowest BCUT2D eigenvalue weighted by molar-refractivity contribution is -0.161. The van der Waals surface area contributed by atoms with Gasteiger partial charge in [-0.2, -0.15) is 18.3 Å². The number of amides is 1. The van der Waals surface area contributed by atoms with Crippen LogP contribution in [0.5, 0.6) is 0 Å². The van der Waals surface area contributed by atoms with E-state index in [0.717, 1.165) is 26.9 Å². The third kappa shape index (κ3) is 3.46. The number of carbonyl (C=O) groups is 1. The highest BCUT2D eigenvalue weighted by Gasteiger charge is 2.35. The number of carbonyl (C=O) groups excluding carboxylic acids is 1. The third-order valence-electron chi connectivity index (χ3n) is 5.13. The van der Waals surface area contributed by atoms with Gasteiger partial charge >= 0.3 is 6.18 Å². The molecule has 1 saturated heterocycles. The average molecular weight is 392 g/mol. The lowest BCUT2D eigenvalue weighted by atomic mass is 9.95. The molecule has 1 aliphatic rings. The summed E-state index contributed by atoms with van der Waals surface area (Å²) in [5.41, 5.74) is 0.646. The molecule has 0 aromatic carbocycles. The van der Waals surface area contributed by atoms with Crippen LogP contribution in [0.1, 0.15) is 12.8 Å². The minimum atomic E-state index is -4.39. The Morgan fingerprint density at radius 3 is 2.75 bits per heavy atom. The molecule has 0 saturated carbocycles. The largest absolute Gasteiger partial charge is 0.406 e. The van der Waals surface area contributed by atoms with Crippen molar-refractivity contribution in [1.29, 1.82) is 0 Å². The van der Waals surface area contributed by atoms with Crippen LogP contribution in [-0.2, 0) is 4.79 Å². The van der Waals surface area contributed by atoms with Crippen LogP contribution in [0.3, 0.4) is 0 Å². The Kier molecular flexibility index (Phi) is 4.56. The van der Waals surface area contributed by atoms with Gasteiger partial charge in [-0.1, -0.05) is 0 Å². The van der Waals surface area contributed by atoms with Gasteiger partial charge in [-0.25, -0.2) is 9.97 Å². The summed E-state index contributed by atoms with van der Waals surface area (Å²) in [6.07, 6.45) is 1.69. The van der Waals surface area contributed by atoms with E-state index in [-0.39, 0.29) is 0 Å². The maximum absolute atomic E-state index is 12.5. The second kappa shape index (κ2) is 6.92. The fourth-order valence-electron chi connectivity index (χ4n) is 3.79. The highest BCUT2D eigenvalue weighted by molar-refractivity contribution is 6.09. The van der Waals surface area contributed by atoms with Gasteiger partial charge in [0.2, 0.25) is 5.91 Å². The predicted molar refractivity (Wildman–Crippen MR) is 97.8 cm³/mol. The van der Waals surface area contributed by atoms with Crippen LogP contribution in [0, 0.1) is 5.92 Å². The summed E-state index contributed by atoms with van der Waals surface area (Å²) in [4.78, 5) is 23.7. The maximum atomic E-state index is 12.5. The second-order valence-electron chi connectivity index (χ2n) is 7.06. The molecule has 0 atom stereocenters. The van der Waals surface area contributed by atoms with Gasteiger partial charge in [0, 0.05) is 54.6 Å². The molecule has 7 nitrogen and oxygen atoms in total. The number of pyridine rings is 1. The Labute approximate surface area is 158 Å². The molecule has 4 rings (SSSR count). The molecular weight excluding hydrogens is 373 g/mol. The lowest BCUT2D eigenvalue weighted by Crippen LogP contribution is -2.44. The number of alkyl halides is 3. The number of aromatic amines is 1. The molecule has 3 aromatic rings. The van der Waals surface area contributed by atoms with Crippen molar-refractivity contribution in [3.05, 3.63) is 24.7 Å². The first-order chi connectivity index (χ1) is 13.3. The minimum absolute atomic E-state index is 0.409. The van der Waals surface area contributed by atoms with Gasteiger partial charge in [-0.3, -0.25) is 9.89 Å². The Balaban J connectivity index is 1.53. The van der Waals surface area contributed by atoms with Crippen molar-refractivity contribution in [1.82, 2.24) is 25.1 Å². The number of halogens is 3. The summed E-state index contributed by atoms with van der Waals surface area (Å²) in [7, 11) is 1.21. The fourth-order valence-corrected chi connectivity index (χ4v) is 3.79. The molecule has 3 aromatic heterocycles. The van der Waals surface area contributed by atoms with Crippen LogP contribution in [0.15, 0.2) is 24.7 Å². The van der Waals surface area contributed by atoms with Gasteiger partial charge in [-0.15, -0.1) is 0 Å². The molecule has 4 heterocycles. The number of rotatable bonds is 3. The minimum Gasteiger partial charge on any atom is -0.356 e. The SMILES string of the molecule is CN(CC(F)(F)F)C(=O)C1CCN(c2[nH]ncc3cnc4nccc4c23)CC1. The highest BCUT2D eigenvalue weighted by atomic mass is 19.4. The topological polar surface area (TPSA) is 78.0 Å². The summed E-state index contributed by atoms with van der Waals surface area (Å²) in [5.74, 6) is -0.0508. The van der Waals surface area contributed by atoms with E-state index >= 15 is 0 Å². The van der Waals surface area contributed by atoms with Gasteiger partial charge in [0.15, 0.2) is 5.65 Å². The van der Waals surface area contributed by atoms with E-state index in [4.69, 9.17) is 0 Å². The summed E-state index contributed by atoms with van der Waals surface area (Å²) in [6.45, 7) is -0.126. The average Bonchev–Trinajstić information content (AvgIpc) is 3.15. The number of hydrogen-bond donors (Lipinski definition) is 1. The number of nitrogens with zero attached hydrogens (tertiary/aromatic N) is 5. The first-order valence-corrected chi connectivity index (χ1v) is 8.97. The van der Waals surface area contributed by atoms with E-state index in [1.807, 2.05) is 6.07 Å². The van der Waals surface area contributed by atoms with Crippen molar-refractivity contribution in [2.75, 3.05) is 31.6 Å². The van der Waals surface area contributed by atoms with E-state index in [2.05, 4.69) is 25.1 Å². The van der Waals surface area contributed by atoms with Gasteiger partial charge in [0.25, 0.3) is 0 Å². The fraction of sp³-hybridized carbons (Fsp3) is 0.444. The van der Waals surface area contributed by atoms with E-state index in [9.17, 15) is 18.0 Å². The van der Waals surface area contributed by atoms with Crippen molar-refractivity contribution in [3.63, 3.8) is 0 Å². The molecule has 0 bridgehead atoms. The number of anilines is 1. The zero-order valence-corrected chi connectivity index (χ0v) is 15.2. The van der Waals surface area contributed by atoms with Crippen LogP contribution in [0.4, 0.5) is 19.0 Å². The number of H-pyrrole nitrogens is 1. The first kappa shape index (κ1) is 18.5. The van der Waals surface area contributed by atoms with Gasteiger partial charge < -0.3 is 9.80 Å². The molecule has 1 fully saturated rings. The zero-order valence-electron chi connectivity index (χ0n) is 15.2. The third-order valence-corrected chi connectivity index (χ3v) is 5.13. The van der Waals surface area contributed by atoms with Crippen molar-refractivity contribution in [2.24, 2.45) is 5.92 Å². The normalized spacial score (nSPS) is 16.1. The van der Waals surface area contributed by atoms with Crippen LogP contribution in [0.25, 0.3) is 21.8 Å². The number of fused-ring (bicyclic) bond motifs is 3. The van der Waals surface area contributed by atoms with Crippen molar-refractivity contribution >= 4 is 33.5 Å².